The predicted octanol–water partition coefficient (Wildman–Crippen LogP) is 4.68. The Bertz CT molecular complexity index is 1530. The molecule has 220 valence electrons. The van der Waals surface area contributed by atoms with Crippen molar-refractivity contribution in [2.45, 2.75) is 75.1 Å². The summed E-state index contributed by atoms with van der Waals surface area (Å²) < 4.78 is 13.7. The zero-order chi connectivity index (χ0) is 29.5. The third kappa shape index (κ3) is 6.17. The lowest BCUT2D eigenvalue weighted by Gasteiger charge is -2.41. The normalized spacial score (nSPS) is 17.6. The number of fused-ring (bicyclic) bond motifs is 2. The van der Waals surface area contributed by atoms with Crippen LogP contribution in [0.5, 0.6) is 11.5 Å². The predicted molar refractivity (Wildman–Crippen MR) is 155 cm³/mol. The van der Waals surface area contributed by atoms with Gasteiger partial charge in [0.25, 0.3) is 0 Å². The lowest BCUT2D eigenvalue weighted by atomic mass is 9.94. The molecule has 0 bridgehead atoms. The number of amides is 2. The van der Waals surface area contributed by atoms with E-state index in [4.69, 9.17) is 19.9 Å². The second-order valence-corrected chi connectivity index (χ2v) is 13.2. The molecular weight excluding hydrogens is 614 g/mol. The number of piperidine rings is 1. The number of halogens is 1. The number of nitrogens with one attached hydrogen (secondary N) is 2. The molecule has 2 amide bonds. The third-order valence-corrected chi connectivity index (χ3v) is 9.28. The molecule has 1 saturated heterocycles. The lowest BCUT2D eigenvalue weighted by Crippen LogP contribution is -2.57. The van der Waals surface area contributed by atoms with Crippen LogP contribution in [0.3, 0.4) is 0 Å². The minimum atomic E-state index is -1.10. The van der Waals surface area contributed by atoms with Crippen molar-refractivity contribution >= 4 is 50.9 Å². The number of likely N-dealkylation sites (tertiary alicyclic amines) is 1. The molecule has 41 heavy (non-hydrogen) atoms. The molecule has 2 aliphatic rings. The van der Waals surface area contributed by atoms with E-state index in [2.05, 4.69) is 25.9 Å². The molecular formula is C27H34BrN7O5S. The lowest BCUT2D eigenvalue weighted by molar-refractivity contribution is -0.139. The zero-order valence-corrected chi connectivity index (χ0v) is 25.8. The smallest absolute Gasteiger partial charge is 0.408 e. The average Bonchev–Trinajstić information content (AvgIpc) is 3.54. The topological polar surface area (TPSA) is 150 Å². The number of carbonyl (C=O) groups excluding carboxylic acids is 1. The second kappa shape index (κ2) is 11.6. The molecule has 2 aliphatic heterocycles. The van der Waals surface area contributed by atoms with Gasteiger partial charge in [0.1, 0.15) is 11.6 Å². The van der Waals surface area contributed by atoms with E-state index in [1.54, 1.807) is 38.9 Å². The molecule has 1 fully saturated rings. The first-order chi connectivity index (χ1) is 19.4. The SMILES string of the molecule is C[C@H](C(=O)N1CCCC(CCn2cnc(=N)c3[nH]c(Sc4cc5c(cc4Br)OCO5)nc32)C1)N(C(=O)O)C(C)(C)C. The first-order valence-electron chi connectivity index (χ1n) is 13.5. The fourth-order valence-electron chi connectivity index (χ4n) is 5.49. The van der Waals surface area contributed by atoms with Gasteiger partial charge in [0.15, 0.2) is 27.8 Å². The number of aromatic nitrogens is 4. The van der Waals surface area contributed by atoms with Crippen LogP contribution < -0.4 is 15.0 Å². The summed E-state index contributed by atoms with van der Waals surface area (Å²) in [6.45, 7) is 9.07. The Morgan fingerprint density at radius 2 is 2.05 bits per heavy atom. The summed E-state index contributed by atoms with van der Waals surface area (Å²) in [6, 6.07) is 3.00. The molecule has 5 rings (SSSR count). The number of nitrogens with zero attached hydrogens (tertiary/aromatic N) is 5. The number of rotatable bonds is 7. The summed E-state index contributed by atoms with van der Waals surface area (Å²) in [7, 11) is 0. The Morgan fingerprint density at radius 1 is 1.32 bits per heavy atom. The van der Waals surface area contributed by atoms with E-state index in [0.717, 1.165) is 28.6 Å². The molecule has 4 heterocycles. The average molecular weight is 649 g/mol. The Morgan fingerprint density at radius 3 is 2.76 bits per heavy atom. The number of carboxylic acid groups (broad SMARTS) is 1. The molecule has 3 N–H and O–H groups in total. The first kappa shape index (κ1) is 29.2. The van der Waals surface area contributed by atoms with Gasteiger partial charge in [-0.3, -0.25) is 15.1 Å². The maximum atomic E-state index is 13.3. The Hall–Kier alpha value is -3.26. The van der Waals surface area contributed by atoms with Gasteiger partial charge in [-0.2, -0.15) is 0 Å². The van der Waals surface area contributed by atoms with Crippen molar-refractivity contribution in [3.63, 3.8) is 0 Å². The largest absolute Gasteiger partial charge is 0.465 e. The highest BCUT2D eigenvalue weighted by Gasteiger charge is 2.37. The summed E-state index contributed by atoms with van der Waals surface area (Å²) in [4.78, 5) is 41.4. The van der Waals surface area contributed by atoms with Gasteiger partial charge in [0.05, 0.1) is 6.33 Å². The van der Waals surface area contributed by atoms with Crippen molar-refractivity contribution in [1.82, 2.24) is 29.3 Å². The summed E-state index contributed by atoms with van der Waals surface area (Å²) in [6.07, 6.45) is 3.18. The highest BCUT2D eigenvalue weighted by atomic mass is 79.9. The van der Waals surface area contributed by atoms with Gasteiger partial charge in [-0.1, -0.05) is 11.8 Å². The Labute approximate surface area is 250 Å². The van der Waals surface area contributed by atoms with E-state index >= 15 is 0 Å². The Kier molecular flexibility index (Phi) is 8.24. The molecule has 1 aromatic carbocycles. The summed E-state index contributed by atoms with van der Waals surface area (Å²) >= 11 is 5.00. The van der Waals surface area contributed by atoms with Crippen molar-refractivity contribution in [1.29, 1.82) is 5.41 Å². The van der Waals surface area contributed by atoms with E-state index in [0.29, 0.717) is 47.5 Å². The first-order valence-corrected chi connectivity index (χ1v) is 15.1. The van der Waals surface area contributed by atoms with Crippen LogP contribution in [-0.2, 0) is 11.3 Å². The molecule has 2 aromatic heterocycles. The van der Waals surface area contributed by atoms with Crippen molar-refractivity contribution in [3.05, 3.63) is 28.4 Å². The van der Waals surface area contributed by atoms with Crippen LogP contribution in [0, 0.1) is 11.3 Å². The monoisotopic (exact) mass is 647 g/mol. The molecule has 12 nitrogen and oxygen atoms in total. The van der Waals surface area contributed by atoms with Crippen molar-refractivity contribution in [2.24, 2.45) is 5.92 Å². The fourth-order valence-corrected chi connectivity index (χ4v) is 6.87. The van der Waals surface area contributed by atoms with Crippen molar-refractivity contribution < 1.29 is 24.2 Å². The van der Waals surface area contributed by atoms with E-state index in [1.807, 2.05) is 16.7 Å². The van der Waals surface area contributed by atoms with Gasteiger partial charge in [0, 0.05) is 34.5 Å². The summed E-state index contributed by atoms with van der Waals surface area (Å²) in [5.41, 5.74) is 0.626. The number of hydrogen-bond acceptors (Lipinski definition) is 8. The summed E-state index contributed by atoms with van der Waals surface area (Å²) in [5, 5.41) is 18.7. The van der Waals surface area contributed by atoms with Crippen molar-refractivity contribution in [3.8, 4) is 11.5 Å². The van der Waals surface area contributed by atoms with E-state index in [1.165, 1.54) is 16.7 Å². The van der Waals surface area contributed by atoms with E-state index in [-0.39, 0.29) is 24.1 Å². The molecule has 0 aliphatic carbocycles. The molecule has 0 saturated carbocycles. The van der Waals surface area contributed by atoms with E-state index < -0.39 is 17.7 Å². The number of H-pyrrole nitrogens is 1. The quantitative estimate of drug-likeness (QED) is 0.335. The number of benzene rings is 1. The number of carbonyl (C=O) groups is 2. The summed E-state index contributed by atoms with van der Waals surface area (Å²) in [5.74, 6) is 1.45. The van der Waals surface area contributed by atoms with Crippen molar-refractivity contribution in [2.75, 3.05) is 19.9 Å². The van der Waals surface area contributed by atoms with E-state index in [9.17, 15) is 14.7 Å². The van der Waals surface area contributed by atoms with Gasteiger partial charge in [0.2, 0.25) is 12.7 Å². The minimum absolute atomic E-state index is 0.116. The number of aryl methyl sites for hydroxylation is 1. The van der Waals surface area contributed by atoms with Crippen LogP contribution in [0.2, 0.25) is 0 Å². The van der Waals surface area contributed by atoms with Gasteiger partial charge < -0.3 is 29.0 Å². The molecule has 3 aromatic rings. The number of hydrogen-bond donors (Lipinski definition) is 3. The molecule has 0 spiro atoms. The van der Waals surface area contributed by atoms with Crippen LogP contribution in [-0.4, -0.2) is 77.9 Å². The van der Waals surface area contributed by atoms with Crippen LogP contribution in [0.15, 0.2) is 33.0 Å². The molecule has 1 unspecified atom stereocenters. The van der Waals surface area contributed by atoms with Gasteiger partial charge in [-0.05, 0) is 80.9 Å². The van der Waals surface area contributed by atoms with Gasteiger partial charge >= 0.3 is 6.09 Å². The highest BCUT2D eigenvalue weighted by molar-refractivity contribution is 9.10. The number of ether oxygens (including phenoxy) is 2. The third-order valence-electron chi connectivity index (χ3n) is 7.41. The van der Waals surface area contributed by atoms with Crippen LogP contribution in [0.25, 0.3) is 11.2 Å². The standard InChI is InChI=1S/C27H34BrN7O5S/c1-15(35(26(37)38)27(2,3)4)24(36)33-8-5-6-16(12-33)7-9-34-13-30-22(29)21-23(34)32-25(31-21)41-20-11-19-18(10-17(20)28)39-14-40-19/h10-11,13,15-16,29H,5-9,12,14H2,1-4H3,(H,31,32)(H,37,38)/t15-,16?/m1/s1. The number of aromatic amines is 1. The maximum absolute atomic E-state index is 13.3. The minimum Gasteiger partial charge on any atom is -0.465 e. The zero-order valence-electron chi connectivity index (χ0n) is 23.4. The van der Waals surface area contributed by atoms with Crippen LogP contribution in [0.4, 0.5) is 4.79 Å². The highest BCUT2D eigenvalue weighted by Crippen LogP contribution is 2.42. The Balaban J connectivity index is 1.28. The van der Waals surface area contributed by atoms with Gasteiger partial charge in [-0.15, -0.1) is 0 Å². The second-order valence-electron chi connectivity index (χ2n) is 11.3. The number of imidazole rings is 1. The van der Waals surface area contributed by atoms with Gasteiger partial charge in [-0.25, -0.2) is 14.8 Å². The molecule has 0 radical (unpaired) electrons. The molecule has 2 atom stereocenters. The fraction of sp³-hybridized carbons (Fsp3) is 0.519. The maximum Gasteiger partial charge on any atom is 0.408 e. The van der Waals surface area contributed by atoms with Crippen LogP contribution >= 0.6 is 27.7 Å². The molecule has 14 heteroatoms. The van der Waals surface area contributed by atoms with Crippen LogP contribution in [0.1, 0.15) is 47.0 Å².